The molecule has 0 bridgehead atoms. The SMILES string of the molecule is COC(=O)c1ccc(SCCCO)cc1. The second-order valence-corrected chi connectivity index (χ2v) is 4.11. The molecule has 0 spiro atoms. The zero-order chi connectivity index (χ0) is 11.1. The number of carbonyl (C=O) groups excluding carboxylic acids is 1. The summed E-state index contributed by atoms with van der Waals surface area (Å²) in [5, 5.41) is 8.62. The lowest BCUT2D eigenvalue weighted by Crippen LogP contribution is -2.00. The van der Waals surface area contributed by atoms with Crippen LogP contribution in [0.1, 0.15) is 16.8 Å². The van der Waals surface area contributed by atoms with Crippen LogP contribution in [0.5, 0.6) is 0 Å². The van der Waals surface area contributed by atoms with Crippen LogP contribution >= 0.6 is 11.8 Å². The van der Waals surface area contributed by atoms with Gasteiger partial charge < -0.3 is 9.84 Å². The normalized spacial score (nSPS) is 10.0. The summed E-state index contributed by atoms with van der Waals surface area (Å²) in [6, 6.07) is 7.25. The number of thioether (sulfide) groups is 1. The van der Waals surface area contributed by atoms with Crippen molar-refractivity contribution in [2.75, 3.05) is 19.5 Å². The summed E-state index contributed by atoms with van der Waals surface area (Å²) < 4.78 is 4.60. The van der Waals surface area contributed by atoms with Gasteiger partial charge in [-0.05, 0) is 30.7 Å². The van der Waals surface area contributed by atoms with Crippen LogP contribution < -0.4 is 0 Å². The van der Waals surface area contributed by atoms with Crippen LogP contribution in [-0.4, -0.2) is 30.5 Å². The summed E-state index contributed by atoms with van der Waals surface area (Å²) in [7, 11) is 1.37. The summed E-state index contributed by atoms with van der Waals surface area (Å²) in [6.45, 7) is 0.216. The number of methoxy groups -OCH3 is 1. The van der Waals surface area contributed by atoms with Crippen LogP contribution in [0.25, 0.3) is 0 Å². The molecule has 0 fully saturated rings. The molecule has 0 heterocycles. The smallest absolute Gasteiger partial charge is 0.337 e. The van der Waals surface area contributed by atoms with Gasteiger partial charge in [-0.3, -0.25) is 0 Å². The van der Waals surface area contributed by atoms with E-state index in [-0.39, 0.29) is 12.6 Å². The van der Waals surface area contributed by atoms with E-state index < -0.39 is 0 Å². The van der Waals surface area contributed by atoms with Crippen LogP contribution in [0.2, 0.25) is 0 Å². The number of benzene rings is 1. The maximum atomic E-state index is 11.1. The number of aliphatic hydroxyl groups is 1. The van der Waals surface area contributed by atoms with Crippen LogP contribution in [0.15, 0.2) is 29.2 Å². The molecule has 15 heavy (non-hydrogen) atoms. The largest absolute Gasteiger partial charge is 0.465 e. The Morgan fingerprint density at radius 1 is 1.40 bits per heavy atom. The summed E-state index contributed by atoms with van der Waals surface area (Å²) in [6.07, 6.45) is 0.781. The summed E-state index contributed by atoms with van der Waals surface area (Å²) in [4.78, 5) is 12.2. The molecule has 0 saturated carbocycles. The summed E-state index contributed by atoms with van der Waals surface area (Å²) >= 11 is 1.66. The molecule has 0 saturated heterocycles. The quantitative estimate of drug-likeness (QED) is 0.473. The average Bonchev–Trinajstić information content (AvgIpc) is 2.29. The van der Waals surface area contributed by atoms with Crippen LogP contribution in [0.4, 0.5) is 0 Å². The van der Waals surface area contributed by atoms with E-state index in [4.69, 9.17) is 5.11 Å². The number of hydrogen-bond donors (Lipinski definition) is 1. The van der Waals surface area contributed by atoms with Crippen molar-refractivity contribution in [1.82, 2.24) is 0 Å². The maximum Gasteiger partial charge on any atom is 0.337 e. The van der Waals surface area contributed by atoms with Crippen molar-refractivity contribution in [3.05, 3.63) is 29.8 Å². The lowest BCUT2D eigenvalue weighted by molar-refractivity contribution is 0.0600. The molecule has 0 aliphatic heterocycles. The Morgan fingerprint density at radius 3 is 2.60 bits per heavy atom. The molecule has 1 aromatic rings. The Morgan fingerprint density at radius 2 is 2.07 bits per heavy atom. The average molecular weight is 226 g/mol. The van der Waals surface area contributed by atoms with E-state index in [9.17, 15) is 4.79 Å². The Hall–Kier alpha value is -1.00. The highest BCUT2D eigenvalue weighted by Gasteiger charge is 2.03. The van der Waals surface area contributed by atoms with Crippen molar-refractivity contribution in [3.63, 3.8) is 0 Å². The predicted molar refractivity (Wildman–Crippen MR) is 60.2 cm³/mol. The molecule has 1 rings (SSSR count). The molecule has 0 radical (unpaired) electrons. The Kier molecular flexibility index (Phi) is 5.21. The van der Waals surface area contributed by atoms with Gasteiger partial charge in [-0.15, -0.1) is 11.8 Å². The summed E-state index contributed by atoms with van der Waals surface area (Å²) in [5.74, 6) is 0.565. The van der Waals surface area contributed by atoms with Crippen molar-refractivity contribution in [1.29, 1.82) is 0 Å². The lowest BCUT2D eigenvalue weighted by Gasteiger charge is -2.02. The third kappa shape index (κ3) is 3.93. The van der Waals surface area contributed by atoms with Gasteiger partial charge >= 0.3 is 5.97 Å². The van der Waals surface area contributed by atoms with Crippen LogP contribution in [0.3, 0.4) is 0 Å². The van der Waals surface area contributed by atoms with Gasteiger partial charge in [0.1, 0.15) is 0 Å². The highest BCUT2D eigenvalue weighted by Crippen LogP contribution is 2.19. The highest BCUT2D eigenvalue weighted by molar-refractivity contribution is 7.99. The van der Waals surface area contributed by atoms with Crippen molar-refractivity contribution in [3.8, 4) is 0 Å². The van der Waals surface area contributed by atoms with E-state index in [0.717, 1.165) is 17.1 Å². The van der Waals surface area contributed by atoms with Gasteiger partial charge in [-0.25, -0.2) is 4.79 Å². The Bertz CT molecular complexity index is 308. The second-order valence-electron chi connectivity index (χ2n) is 2.94. The zero-order valence-corrected chi connectivity index (χ0v) is 9.42. The van der Waals surface area contributed by atoms with Crippen molar-refractivity contribution >= 4 is 17.7 Å². The highest BCUT2D eigenvalue weighted by atomic mass is 32.2. The first-order valence-electron chi connectivity index (χ1n) is 4.70. The molecular weight excluding hydrogens is 212 g/mol. The van der Waals surface area contributed by atoms with Crippen LogP contribution in [-0.2, 0) is 4.74 Å². The van der Waals surface area contributed by atoms with Crippen molar-refractivity contribution in [2.24, 2.45) is 0 Å². The first-order valence-corrected chi connectivity index (χ1v) is 5.68. The maximum absolute atomic E-state index is 11.1. The van der Waals surface area contributed by atoms with Crippen LogP contribution in [0, 0.1) is 0 Å². The van der Waals surface area contributed by atoms with Gasteiger partial charge in [0.05, 0.1) is 12.7 Å². The molecule has 0 amide bonds. The first kappa shape index (κ1) is 12.1. The summed E-state index contributed by atoms with van der Waals surface area (Å²) in [5.41, 5.74) is 0.559. The van der Waals surface area contributed by atoms with E-state index in [1.54, 1.807) is 23.9 Å². The predicted octanol–water partition coefficient (Wildman–Crippen LogP) is 1.95. The second kappa shape index (κ2) is 6.48. The Balaban J connectivity index is 2.52. The fourth-order valence-corrected chi connectivity index (χ4v) is 1.90. The van der Waals surface area contributed by atoms with Gasteiger partial charge in [0.15, 0.2) is 0 Å². The molecule has 1 aromatic carbocycles. The van der Waals surface area contributed by atoms with Gasteiger partial charge in [0.25, 0.3) is 0 Å². The van der Waals surface area contributed by atoms with E-state index >= 15 is 0 Å². The van der Waals surface area contributed by atoms with Gasteiger partial charge in [-0.2, -0.15) is 0 Å². The molecule has 4 heteroatoms. The van der Waals surface area contributed by atoms with Gasteiger partial charge in [0.2, 0.25) is 0 Å². The molecule has 0 atom stereocenters. The number of ether oxygens (including phenoxy) is 1. The number of hydrogen-bond acceptors (Lipinski definition) is 4. The third-order valence-corrected chi connectivity index (χ3v) is 2.94. The minimum absolute atomic E-state index is 0.216. The number of esters is 1. The number of aliphatic hydroxyl groups excluding tert-OH is 1. The topological polar surface area (TPSA) is 46.5 Å². The standard InChI is InChI=1S/C11H14O3S/c1-14-11(13)9-3-5-10(6-4-9)15-8-2-7-12/h3-6,12H,2,7-8H2,1H3. The van der Waals surface area contributed by atoms with E-state index in [2.05, 4.69) is 4.74 Å². The monoisotopic (exact) mass is 226 g/mol. The molecule has 1 N–H and O–H groups in total. The zero-order valence-electron chi connectivity index (χ0n) is 8.60. The molecule has 0 unspecified atom stereocenters. The number of rotatable bonds is 5. The fraction of sp³-hybridized carbons (Fsp3) is 0.364. The minimum atomic E-state index is -0.318. The molecular formula is C11H14O3S. The van der Waals surface area contributed by atoms with Crippen molar-refractivity contribution < 1.29 is 14.6 Å². The van der Waals surface area contributed by atoms with E-state index in [1.165, 1.54) is 7.11 Å². The van der Waals surface area contributed by atoms with Crippen molar-refractivity contribution in [2.45, 2.75) is 11.3 Å². The van der Waals surface area contributed by atoms with E-state index in [1.807, 2.05) is 12.1 Å². The third-order valence-electron chi connectivity index (χ3n) is 1.85. The molecule has 0 aliphatic rings. The molecule has 82 valence electrons. The van der Waals surface area contributed by atoms with E-state index in [0.29, 0.717) is 5.56 Å². The molecule has 0 aromatic heterocycles. The lowest BCUT2D eigenvalue weighted by atomic mass is 10.2. The Labute approximate surface area is 93.4 Å². The van der Waals surface area contributed by atoms with Gasteiger partial charge in [0, 0.05) is 17.3 Å². The van der Waals surface area contributed by atoms with Gasteiger partial charge in [-0.1, -0.05) is 0 Å². The first-order chi connectivity index (χ1) is 7.27. The molecule has 3 nitrogen and oxygen atoms in total. The minimum Gasteiger partial charge on any atom is -0.465 e. The fourth-order valence-electron chi connectivity index (χ4n) is 1.06. The number of carbonyl (C=O) groups is 1. The molecule has 0 aliphatic carbocycles.